The number of carbonyl (C=O) groups is 16. The molecule has 4 aromatic heterocycles. The summed E-state index contributed by atoms with van der Waals surface area (Å²) in [6.07, 6.45) is 12.3. The molecule has 56 heteroatoms. The van der Waals surface area contributed by atoms with E-state index >= 15 is 0 Å². The van der Waals surface area contributed by atoms with Gasteiger partial charge in [0, 0.05) is 103 Å². The van der Waals surface area contributed by atoms with Gasteiger partial charge in [-0.25, -0.2) is 82.6 Å². The van der Waals surface area contributed by atoms with Crippen molar-refractivity contribution in [3.8, 4) is 0 Å². The van der Waals surface area contributed by atoms with Crippen molar-refractivity contribution in [2.75, 3.05) is 52.4 Å². The average molecular weight is 1770 g/mol. The van der Waals surface area contributed by atoms with Gasteiger partial charge in [-0.15, -0.1) is 0 Å². The van der Waals surface area contributed by atoms with E-state index in [1.807, 2.05) is 0 Å². The van der Waals surface area contributed by atoms with E-state index in [0.29, 0.717) is 103 Å². The molecule has 0 fully saturated rings. The zero-order chi connectivity index (χ0) is 94.6. The molecule has 680 valence electrons. The summed E-state index contributed by atoms with van der Waals surface area (Å²) in [5.41, 5.74) is -0.488. The largest absolute Gasteiger partial charge is 0.481 e. The second-order valence-electron chi connectivity index (χ2n) is 23.4. The van der Waals surface area contributed by atoms with Crippen LogP contribution in [0, 0.1) is 23.8 Å². The Hall–Kier alpha value is -15.7. The van der Waals surface area contributed by atoms with Crippen molar-refractivity contribution in [3.63, 3.8) is 0 Å². The molecule has 12 amide bonds. The summed E-state index contributed by atoms with van der Waals surface area (Å²) >= 11 is 0. The lowest BCUT2D eigenvalue weighted by atomic mass is 10.1. The lowest BCUT2D eigenvalue weighted by Crippen LogP contribution is -2.46. The molecule has 4 atom stereocenters. The first-order chi connectivity index (χ1) is 58.9. The van der Waals surface area contributed by atoms with Gasteiger partial charge in [0.05, 0.1) is 11.8 Å². The van der Waals surface area contributed by atoms with Gasteiger partial charge in [0.1, 0.15) is 54.4 Å². The summed E-state index contributed by atoms with van der Waals surface area (Å²) in [6, 6.07) is -6.99. The number of hydrogen-bond donors (Lipinski definition) is 20. The first kappa shape index (κ1) is 115. The van der Waals surface area contributed by atoms with Crippen molar-refractivity contribution in [3.05, 3.63) is 96.1 Å². The van der Waals surface area contributed by atoms with E-state index in [2.05, 4.69) is 104 Å². The van der Waals surface area contributed by atoms with Crippen LogP contribution >= 0.6 is 0 Å². The number of nitrogens with one attached hydrogen (secondary N) is 12. The van der Waals surface area contributed by atoms with Crippen LogP contribution in [0.15, 0.2) is 49.8 Å². The Balaban J connectivity index is -0.000000740. The van der Waals surface area contributed by atoms with Gasteiger partial charge >= 0.3 is 103 Å². The molecule has 124 heavy (non-hydrogen) atoms. The Kier molecular flexibility index (Phi) is 68.1. The third kappa shape index (κ3) is 65.3. The average Bonchev–Trinajstić information content (AvgIpc) is 0.898. The minimum Gasteiger partial charge on any atom is -0.481 e. The zero-order valence-electron chi connectivity index (χ0n) is 65.2. The number of aliphatic carboxylic acids is 8. The lowest BCUT2D eigenvalue weighted by Gasteiger charge is -2.14. The van der Waals surface area contributed by atoms with Gasteiger partial charge in [0.15, 0.2) is 11.5 Å². The summed E-state index contributed by atoms with van der Waals surface area (Å²) in [5, 5.41) is 99.0. The maximum Gasteiger partial charge on any atom is 0.373 e. The molecule has 0 aromatic carbocycles. The summed E-state index contributed by atoms with van der Waals surface area (Å²) in [4.78, 5) is 272. The number of nitrogens with zero attached hydrogens (tertiary/aromatic N) is 8. The van der Waals surface area contributed by atoms with Gasteiger partial charge in [-0.1, -0.05) is 0 Å². The molecule has 0 saturated carbocycles. The zero-order valence-corrected chi connectivity index (χ0v) is 65.2. The maximum atomic E-state index is 13.3. The van der Waals surface area contributed by atoms with Crippen LogP contribution < -0.4 is 63.8 Å². The summed E-state index contributed by atoms with van der Waals surface area (Å²) in [6.45, 7) is 2.42. The Bertz CT molecular complexity index is 4000. The molecular weight excluding hydrogens is 1680 g/mol. The Labute approximate surface area is 696 Å². The number of carbonyl (C=O) groups excluding carboxylic acids is 16. The van der Waals surface area contributed by atoms with E-state index in [0.717, 1.165) is 49.8 Å². The van der Waals surface area contributed by atoms with E-state index < -0.39 is 143 Å². The molecule has 0 aliphatic rings. The molecule has 0 radical (unpaired) electrons. The summed E-state index contributed by atoms with van der Waals surface area (Å²) < 4.78 is 52.1. The third-order valence-corrected chi connectivity index (χ3v) is 14.2. The van der Waals surface area contributed by atoms with Crippen LogP contribution in [-0.2, 0) is 76.7 Å². The van der Waals surface area contributed by atoms with Gasteiger partial charge in [0.25, 0.3) is 23.6 Å². The van der Waals surface area contributed by atoms with Crippen molar-refractivity contribution >= 4 is 120 Å². The first-order valence-electron chi connectivity index (χ1n) is 35.8. The second-order valence-corrected chi connectivity index (χ2v) is 23.4. The van der Waals surface area contributed by atoms with Crippen LogP contribution in [0.3, 0.4) is 0 Å². The molecule has 20 N–H and O–H groups in total. The van der Waals surface area contributed by atoms with Gasteiger partial charge in [-0.2, -0.15) is 51.5 Å². The molecule has 0 aliphatic carbocycles. The monoisotopic (exact) mass is 1770 g/mol. The van der Waals surface area contributed by atoms with Crippen molar-refractivity contribution in [1.82, 2.24) is 104 Å². The van der Waals surface area contributed by atoms with Gasteiger partial charge in [-0.05, 0) is 103 Å². The molecule has 4 heterocycles. The smallest absolute Gasteiger partial charge is 0.373 e. The summed E-state index contributed by atoms with van der Waals surface area (Å²) in [5.74, 6) is -14.5. The van der Waals surface area contributed by atoms with Crippen LogP contribution in [-0.4, -0.2) is 277 Å². The molecule has 0 unspecified atom stereocenters. The molecule has 4 aromatic rings. The van der Waals surface area contributed by atoms with E-state index in [1.54, 1.807) is 0 Å². The van der Waals surface area contributed by atoms with Crippen molar-refractivity contribution < 1.29 is 173 Å². The molecule has 0 aliphatic heterocycles. The van der Waals surface area contributed by atoms with E-state index in [1.165, 1.54) is 0 Å². The second kappa shape index (κ2) is 73.6. The van der Waals surface area contributed by atoms with Crippen molar-refractivity contribution in [2.24, 2.45) is 0 Å². The number of carboxylic acid groups (broad SMARTS) is 8. The maximum absolute atomic E-state index is 13.3. The minimum absolute atomic E-state index is 0.0679. The SMILES string of the molecule is O=C(O)CC[C@H](NC(=O)NCCCCCNC(=O)c1cc([18F])ncn1)C(=O)O.O=C(O)CC[C@H](NC(=O)NCCCCCNC(=O)c1cnc([18F])nc1)C(=O)O.O=C(O)CC[C@H](NC(=O)NCCCCCNC(=O)c1cncnc1[18F])C(=O)O.O=C(O)CC[C@H](NC(=O)NCCCCCNC(=O)c1ncncc1[18F])C(=O)O.O=C=O.O=C=O.O=C=O.O=C=O. The Morgan fingerprint density at radius 1 is 0.323 bits per heavy atom. The Morgan fingerprint density at radius 3 is 0.911 bits per heavy atom. The fourth-order valence-corrected chi connectivity index (χ4v) is 8.47. The van der Waals surface area contributed by atoms with E-state index in [-0.39, 0.29) is 125 Å². The highest BCUT2D eigenvalue weighted by molar-refractivity contribution is 5.95. The number of aromatic nitrogens is 8. The van der Waals surface area contributed by atoms with Crippen LogP contribution in [0.4, 0.5) is 36.7 Å². The standard InChI is InChI=1S/4C16H22FN5O6.4CO2/c17-10-8-18-9-21-13(10)14(25)19-6-2-1-3-7-20-16(28)22-11(15(26)27)4-5-12(23)24;17-13-10(8-18-9-21-13)14(25)19-6-2-1-3-7-20-16(28)22-11(15(26)27)4-5-12(23)24;17-15-20-8-10(9-21-15)13(25)18-6-2-1-3-7-19-16(28)22-11(14(26)27)4-5-12(23)24;17-12-8-11(20-9-21-12)14(25)18-6-2-1-3-7-19-16(28)22-10(15(26)27)4-5-13(23)24;4*2-1-3/h2*8-9,11H,1-7H2,(H,19,25)(H,23,24)(H,26,27)(H2,20,22,28);8-9,11H,1-7H2,(H,18,25)(H,23,24)(H,26,27)(H2,19,22,28);8-10H,1-7H2,(H,18,25)(H,23,24)(H,26,27)(H2,19,22,28);;;;/t3*11-;10-;;;;/m0000..../s1/i4*17-1;;;;. The Morgan fingerprint density at radius 2 is 0.613 bits per heavy atom. The number of halogens is 4. The van der Waals surface area contributed by atoms with Crippen LogP contribution in [0.5, 0.6) is 0 Å². The normalized spacial score (nSPS) is 10.5. The molecule has 4 rings (SSSR count). The predicted octanol–water partition coefficient (Wildman–Crippen LogP) is -1.80. The number of hydrogen-bond acceptors (Lipinski definition) is 32. The number of unbranched alkanes of at least 4 members (excludes halogenated alkanes) is 8. The highest BCUT2D eigenvalue weighted by Crippen LogP contribution is 2.07. The molecule has 0 spiro atoms. The van der Waals surface area contributed by atoms with Crippen molar-refractivity contribution in [1.29, 1.82) is 0 Å². The molecule has 0 saturated heterocycles. The molecule has 0 bridgehead atoms. The number of urea groups is 4. The fraction of sp³-hybridized carbons (Fsp3) is 0.471. The van der Waals surface area contributed by atoms with Crippen LogP contribution in [0.1, 0.15) is 170 Å². The lowest BCUT2D eigenvalue weighted by molar-refractivity contribution is -0.193. The van der Waals surface area contributed by atoms with Crippen molar-refractivity contribution in [2.45, 2.75) is 153 Å². The highest BCUT2D eigenvalue weighted by Gasteiger charge is 2.25. The predicted molar refractivity (Wildman–Crippen MR) is 392 cm³/mol. The van der Waals surface area contributed by atoms with Crippen LogP contribution in [0.2, 0.25) is 0 Å². The fourth-order valence-electron chi connectivity index (χ4n) is 8.47. The topological polar surface area (TPSA) is 819 Å². The molecular formula is C68H88F4N20O32. The number of amides is 12. The third-order valence-electron chi connectivity index (χ3n) is 14.2. The number of rotatable bonds is 48. The quantitative estimate of drug-likeness (QED) is 0.0100. The first-order valence-corrected chi connectivity index (χ1v) is 35.8. The minimum atomic E-state index is -1.31. The van der Waals surface area contributed by atoms with E-state index in [9.17, 15) is 94.3 Å². The number of carboxylic acids is 8. The van der Waals surface area contributed by atoms with Gasteiger partial charge in [0.2, 0.25) is 11.9 Å². The molecule has 52 nitrogen and oxygen atoms in total. The van der Waals surface area contributed by atoms with E-state index in [4.69, 9.17) is 79.2 Å². The van der Waals surface area contributed by atoms with Crippen LogP contribution in [0.25, 0.3) is 0 Å². The summed E-state index contributed by atoms with van der Waals surface area (Å²) in [7, 11) is 0. The van der Waals surface area contributed by atoms with Gasteiger partial charge in [-0.3, -0.25) is 38.4 Å². The highest BCUT2D eigenvalue weighted by atomic mass is 18.2. The van der Waals surface area contributed by atoms with Gasteiger partial charge < -0.3 is 105 Å².